The lowest BCUT2D eigenvalue weighted by Crippen LogP contribution is -2.12. The summed E-state index contributed by atoms with van der Waals surface area (Å²) in [5, 5.41) is 2.70. The molecule has 2 nitrogen and oxygen atoms in total. The highest BCUT2D eigenvalue weighted by Gasteiger charge is 2.00. The molecule has 0 atom stereocenters. The minimum absolute atomic E-state index is 0.795. The van der Waals surface area contributed by atoms with Gasteiger partial charge in [-0.3, -0.25) is 0 Å². The highest BCUT2D eigenvalue weighted by atomic mass is 28.1. The van der Waals surface area contributed by atoms with Gasteiger partial charge in [0.25, 0.3) is 0 Å². The first kappa shape index (κ1) is 12.0. The molecule has 0 N–H and O–H groups in total. The van der Waals surface area contributed by atoms with E-state index >= 15 is 0 Å². The zero-order valence-corrected chi connectivity index (χ0v) is 14.0. The van der Waals surface area contributed by atoms with Gasteiger partial charge in [0.05, 0.1) is 0 Å². The average molecular weight is 257 g/mol. The number of hydrogen-bond donors (Lipinski definition) is 0. The van der Waals surface area contributed by atoms with Crippen molar-refractivity contribution in [3.8, 4) is 11.5 Å². The van der Waals surface area contributed by atoms with E-state index in [1.165, 1.54) is 18.1 Å². The van der Waals surface area contributed by atoms with Crippen LogP contribution in [0.4, 0.5) is 0 Å². The third kappa shape index (κ3) is 3.80. The van der Waals surface area contributed by atoms with E-state index in [1.807, 2.05) is 24.3 Å². The lowest BCUT2D eigenvalue weighted by molar-refractivity contribution is 0.459. The van der Waals surface area contributed by atoms with Gasteiger partial charge < -0.3 is 9.31 Å². The quantitative estimate of drug-likeness (QED) is 0.631. The van der Waals surface area contributed by atoms with Crippen LogP contribution in [0.15, 0.2) is 48.5 Å². The number of benzene rings is 2. The summed E-state index contributed by atoms with van der Waals surface area (Å²) >= 11 is 0. The van der Waals surface area contributed by atoms with Crippen molar-refractivity contribution in [1.82, 2.24) is 0 Å². The Bertz CT molecular complexity index is 425. The number of rotatable bonds is 4. The first-order valence-corrected chi connectivity index (χ1v) is 7.52. The van der Waals surface area contributed by atoms with Gasteiger partial charge >= 0.3 is 7.69 Å². The molecule has 0 heterocycles. The Kier molecular flexibility index (Phi) is 4.06. The van der Waals surface area contributed by atoms with Crippen LogP contribution in [-0.2, 0) is 0 Å². The Hall–Kier alpha value is -1.46. The van der Waals surface area contributed by atoms with Crippen LogP contribution in [0.2, 0.25) is 0 Å². The van der Waals surface area contributed by atoms with Crippen molar-refractivity contribution in [1.29, 1.82) is 0 Å². The first-order valence-electron chi connectivity index (χ1n) is 5.52. The monoisotopic (exact) mass is 257 g/mol. The van der Waals surface area contributed by atoms with Crippen molar-refractivity contribution < 1.29 is 9.31 Å². The second kappa shape index (κ2) is 5.74. The van der Waals surface area contributed by atoms with E-state index in [-0.39, 0.29) is 0 Å². The predicted molar refractivity (Wildman–Crippen MR) is 79.0 cm³/mol. The Balaban J connectivity index is 1.83. The average Bonchev–Trinajstić information content (AvgIpc) is 2.34. The molecule has 0 aliphatic carbocycles. The maximum absolute atomic E-state index is 5.37. The summed E-state index contributed by atoms with van der Waals surface area (Å²) in [7, 11) is 3.49. The van der Waals surface area contributed by atoms with E-state index < -0.39 is 0 Å². The van der Waals surface area contributed by atoms with Crippen molar-refractivity contribution in [3.05, 3.63) is 48.5 Å². The van der Waals surface area contributed by atoms with Gasteiger partial charge in [0.1, 0.15) is 11.5 Å². The molecule has 1 radical (unpaired) electrons. The fraction of sp³-hybridized carbons (Fsp3) is 0. The van der Waals surface area contributed by atoms with Crippen LogP contribution in [0.25, 0.3) is 0 Å². The standard InChI is InChI=1S/C12H14BO2Si2/c16-11-5-1-9(2-6-11)14-13-15-10-3-7-12(17)8-4-10/h1-8H,16-17H3. The second-order valence-electron chi connectivity index (χ2n) is 3.96. The van der Waals surface area contributed by atoms with Crippen LogP contribution in [0.3, 0.4) is 0 Å². The van der Waals surface area contributed by atoms with E-state index in [1.54, 1.807) is 0 Å². The van der Waals surface area contributed by atoms with Gasteiger partial charge in [0.2, 0.25) is 0 Å². The molecule has 0 unspecified atom stereocenters. The molecule has 0 saturated carbocycles. The summed E-state index contributed by atoms with van der Waals surface area (Å²) < 4.78 is 10.7. The molecule has 2 aromatic carbocycles. The van der Waals surface area contributed by atoms with E-state index in [2.05, 4.69) is 24.3 Å². The molecule has 2 aromatic rings. The maximum Gasteiger partial charge on any atom is 0.658 e. The van der Waals surface area contributed by atoms with Crippen LogP contribution < -0.4 is 19.7 Å². The lowest BCUT2D eigenvalue weighted by atomic mass is 10.3. The third-order valence-electron chi connectivity index (χ3n) is 2.41. The van der Waals surface area contributed by atoms with E-state index in [9.17, 15) is 0 Å². The molecular formula is C12H14BO2Si2. The fourth-order valence-electron chi connectivity index (χ4n) is 1.37. The molecule has 17 heavy (non-hydrogen) atoms. The molecule has 0 spiro atoms. The fourth-order valence-corrected chi connectivity index (χ4v) is 2.04. The minimum atomic E-state index is 0.795. The SMILES string of the molecule is [SiH3]c1ccc(O[B]Oc2ccc([SiH3])cc2)cc1. The van der Waals surface area contributed by atoms with Crippen molar-refractivity contribution in [2.24, 2.45) is 0 Å². The van der Waals surface area contributed by atoms with Gasteiger partial charge in [-0.2, -0.15) is 0 Å². The lowest BCUT2D eigenvalue weighted by Gasteiger charge is -2.06. The highest BCUT2D eigenvalue weighted by molar-refractivity contribution is 6.32. The first-order chi connectivity index (χ1) is 8.24. The highest BCUT2D eigenvalue weighted by Crippen LogP contribution is 2.09. The van der Waals surface area contributed by atoms with Crippen molar-refractivity contribution in [3.63, 3.8) is 0 Å². The molecule has 2 rings (SSSR count). The molecule has 0 bridgehead atoms. The summed E-state index contributed by atoms with van der Waals surface area (Å²) in [4.78, 5) is 0. The smallest absolute Gasteiger partial charge is 0.526 e. The molecule has 5 heteroatoms. The second-order valence-corrected chi connectivity index (χ2v) is 6.27. The molecule has 0 saturated heterocycles. The maximum atomic E-state index is 5.37. The molecule has 0 aliphatic rings. The van der Waals surface area contributed by atoms with E-state index in [0.29, 0.717) is 0 Å². The van der Waals surface area contributed by atoms with Crippen LogP contribution in [-0.4, -0.2) is 28.2 Å². The van der Waals surface area contributed by atoms with E-state index in [0.717, 1.165) is 32.0 Å². The zero-order valence-electron chi connectivity index (χ0n) is 10.0. The summed E-state index contributed by atoms with van der Waals surface area (Å²) in [6.07, 6.45) is 0. The van der Waals surface area contributed by atoms with Gasteiger partial charge in [-0.15, -0.1) is 0 Å². The molecule has 0 fully saturated rings. The molecular weight excluding hydrogens is 243 g/mol. The normalized spacial score (nSPS) is 10.1. The van der Waals surface area contributed by atoms with Crippen molar-refractivity contribution in [2.45, 2.75) is 0 Å². The van der Waals surface area contributed by atoms with Crippen LogP contribution in [0.1, 0.15) is 0 Å². The summed E-state index contributed by atoms with van der Waals surface area (Å²) in [5.41, 5.74) is 0. The summed E-state index contributed by atoms with van der Waals surface area (Å²) in [6.45, 7) is 0. The molecule has 0 aliphatic heterocycles. The predicted octanol–water partition coefficient (Wildman–Crippen LogP) is -1.34. The van der Waals surface area contributed by atoms with Gasteiger partial charge in [0.15, 0.2) is 0 Å². The Morgan fingerprint density at radius 3 is 1.35 bits per heavy atom. The Morgan fingerprint density at radius 1 is 0.647 bits per heavy atom. The Labute approximate surface area is 108 Å². The topological polar surface area (TPSA) is 18.5 Å². The van der Waals surface area contributed by atoms with Gasteiger partial charge in [-0.25, -0.2) is 0 Å². The molecule has 0 amide bonds. The summed E-state index contributed by atoms with van der Waals surface area (Å²) in [6, 6.07) is 16.0. The van der Waals surface area contributed by atoms with Crippen molar-refractivity contribution in [2.75, 3.05) is 0 Å². The van der Waals surface area contributed by atoms with Crippen molar-refractivity contribution >= 4 is 38.5 Å². The van der Waals surface area contributed by atoms with Crippen LogP contribution in [0.5, 0.6) is 11.5 Å². The van der Waals surface area contributed by atoms with Crippen LogP contribution >= 0.6 is 0 Å². The van der Waals surface area contributed by atoms with Gasteiger partial charge in [-0.1, -0.05) is 34.6 Å². The van der Waals surface area contributed by atoms with Gasteiger partial charge in [-0.05, 0) is 24.3 Å². The minimum Gasteiger partial charge on any atom is -0.526 e. The van der Waals surface area contributed by atoms with Gasteiger partial charge in [0, 0.05) is 20.5 Å². The summed E-state index contributed by atoms with van der Waals surface area (Å²) in [5.74, 6) is 1.59. The Morgan fingerprint density at radius 2 is 1.00 bits per heavy atom. The zero-order chi connectivity index (χ0) is 12.1. The molecule has 85 valence electrons. The number of hydrogen-bond acceptors (Lipinski definition) is 2. The molecule has 0 aromatic heterocycles. The van der Waals surface area contributed by atoms with E-state index in [4.69, 9.17) is 9.31 Å². The van der Waals surface area contributed by atoms with Crippen LogP contribution in [0, 0.1) is 0 Å². The third-order valence-corrected chi connectivity index (χ3v) is 3.74. The largest absolute Gasteiger partial charge is 0.658 e.